The fourth-order valence-electron chi connectivity index (χ4n) is 1.66. The Hall–Kier alpha value is -0.650. The maximum atomic E-state index is 10.8. The zero-order chi connectivity index (χ0) is 10.6. The topological polar surface area (TPSA) is 81.8 Å². The van der Waals surface area contributed by atoms with E-state index in [0.29, 0.717) is 32.5 Å². The van der Waals surface area contributed by atoms with Crippen LogP contribution in [0.15, 0.2) is 0 Å². The van der Waals surface area contributed by atoms with Crippen LogP contribution in [0.5, 0.6) is 0 Å². The number of ether oxygens (including phenoxy) is 2. The lowest BCUT2D eigenvalue weighted by Crippen LogP contribution is -2.45. The van der Waals surface area contributed by atoms with Crippen LogP contribution >= 0.6 is 0 Å². The highest BCUT2D eigenvalue weighted by Crippen LogP contribution is 2.29. The van der Waals surface area contributed by atoms with Crippen molar-refractivity contribution in [2.75, 3.05) is 20.3 Å². The van der Waals surface area contributed by atoms with Crippen molar-refractivity contribution in [1.29, 1.82) is 0 Å². The van der Waals surface area contributed by atoms with Crippen molar-refractivity contribution in [2.24, 2.45) is 5.73 Å². The Morgan fingerprint density at radius 2 is 2.36 bits per heavy atom. The Bertz CT molecular complexity index is 209. The normalized spacial score (nSPS) is 32.0. The molecule has 1 fully saturated rings. The molecule has 1 aliphatic carbocycles. The monoisotopic (exact) mass is 203 g/mol. The number of nitrogens with two attached hydrogens (primary N) is 1. The predicted octanol–water partition coefficient (Wildman–Crippen LogP) is -0.0160. The summed E-state index contributed by atoms with van der Waals surface area (Å²) in [5.41, 5.74) is 4.60. The van der Waals surface area contributed by atoms with Crippen molar-refractivity contribution in [3.05, 3.63) is 0 Å². The third-order valence-electron chi connectivity index (χ3n) is 2.57. The van der Waals surface area contributed by atoms with Gasteiger partial charge in [0.1, 0.15) is 5.54 Å². The van der Waals surface area contributed by atoms with E-state index in [2.05, 4.69) is 0 Å². The summed E-state index contributed by atoms with van der Waals surface area (Å²) in [5.74, 6) is -0.935. The van der Waals surface area contributed by atoms with E-state index in [1.165, 1.54) is 0 Å². The third-order valence-corrected chi connectivity index (χ3v) is 2.57. The molecule has 5 nitrogen and oxygen atoms in total. The molecule has 14 heavy (non-hydrogen) atoms. The van der Waals surface area contributed by atoms with Crippen LogP contribution in [0, 0.1) is 0 Å². The van der Waals surface area contributed by atoms with E-state index in [-0.39, 0.29) is 6.10 Å². The quantitative estimate of drug-likeness (QED) is 0.614. The molecule has 0 amide bonds. The van der Waals surface area contributed by atoms with E-state index in [0.717, 1.165) is 0 Å². The van der Waals surface area contributed by atoms with Gasteiger partial charge in [-0.05, 0) is 12.8 Å². The molecule has 1 aliphatic rings. The minimum absolute atomic E-state index is 0.0359. The molecule has 0 radical (unpaired) electrons. The fraction of sp³-hybridized carbons (Fsp3) is 0.889. The molecule has 2 atom stereocenters. The van der Waals surface area contributed by atoms with Gasteiger partial charge in [-0.2, -0.15) is 0 Å². The summed E-state index contributed by atoms with van der Waals surface area (Å²) in [4.78, 5) is 10.8. The molecular formula is C9H17NO4. The lowest BCUT2D eigenvalue weighted by Gasteiger charge is -2.18. The fourth-order valence-corrected chi connectivity index (χ4v) is 1.66. The molecule has 82 valence electrons. The Morgan fingerprint density at radius 3 is 2.86 bits per heavy atom. The molecule has 0 saturated heterocycles. The third kappa shape index (κ3) is 2.67. The van der Waals surface area contributed by atoms with Crippen molar-refractivity contribution < 1.29 is 19.4 Å². The number of carbonyl (C=O) groups is 1. The molecule has 2 unspecified atom stereocenters. The van der Waals surface area contributed by atoms with Crippen LogP contribution in [0.2, 0.25) is 0 Å². The van der Waals surface area contributed by atoms with Crippen LogP contribution in [0.4, 0.5) is 0 Å². The van der Waals surface area contributed by atoms with E-state index in [1.807, 2.05) is 0 Å². The SMILES string of the molecule is COCCOC1CCC(N)(C(=O)O)C1. The van der Waals surface area contributed by atoms with Gasteiger partial charge in [0.05, 0.1) is 19.3 Å². The van der Waals surface area contributed by atoms with Crippen molar-refractivity contribution in [2.45, 2.75) is 30.9 Å². The van der Waals surface area contributed by atoms with Gasteiger partial charge in [-0.25, -0.2) is 0 Å². The summed E-state index contributed by atoms with van der Waals surface area (Å²) in [6, 6.07) is 0. The average Bonchev–Trinajstić information content (AvgIpc) is 2.50. The van der Waals surface area contributed by atoms with Crippen molar-refractivity contribution in [3.63, 3.8) is 0 Å². The first-order chi connectivity index (χ1) is 6.58. The van der Waals surface area contributed by atoms with Gasteiger partial charge in [-0.1, -0.05) is 0 Å². The highest BCUT2D eigenvalue weighted by atomic mass is 16.5. The predicted molar refractivity (Wildman–Crippen MR) is 50.0 cm³/mol. The second-order valence-corrected chi connectivity index (χ2v) is 3.69. The molecule has 0 spiro atoms. The summed E-state index contributed by atoms with van der Waals surface area (Å²) >= 11 is 0. The van der Waals surface area contributed by atoms with E-state index >= 15 is 0 Å². The van der Waals surface area contributed by atoms with Gasteiger partial charge < -0.3 is 20.3 Å². The van der Waals surface area contributed by atoms with Crippen LogP contribution in [0.25, 0.3) is 0 Å². The molecule has 0 bridgehead atoms. The maximum absolute atomic E-state index is 10.8. The molecule has 0 aromatic heterocycles. The number of methoxy groups -OCH3 is 1. The second kappa shape index (κ2) is 4.72. The number of carboxylic acid groups (broad SMARTS) is 1. The van der Waals surface area contributed by atoms with Gasteiger partial charge in [0.15, 0.2) is 0 Å². The summed E-state index contributed by atoms with van der Waals surface area (Å²) in [6.45, 7) is 1.03. The Kier molecular flexibility index (Phi) is 3.86. The van der Waals surface area contributed by atoms with E-state index < -0.39 is 11.5 Å². The van der Waals surface area contributed by atoms with Gasteiger partial charge >= 0.3 is 5.97 Å². The average molecular weight is 203 g/mol. The number of carboxylic acids is 1. The van der Waals surface area contributed by atoms with Gasteiger partial charge in [-0.15, -0.1) is 0 Å². The van der Waals surface area contributed by atoms with E-state index in [1.54, 1.807) is 7.11 Å². The first kappa shape index (κ1) is 11.4. The zero-order valence-electron chi connectivity index (χ0n) is 8.36. The molecule has 0 aliphatic heterocycles. The minimum Gasteiger partial charge on any atom is -0.480 e. The van der Waals surface area contributed by atoms with E-state index in [9.17, 15) is 4.79 Å². The van der Waals surface area contributed by atoms with Gasteiger partial charge in [0.2, 0.25) is 0 Å². The van der Waals surface area contributed by atoms with Crippen molar-refractivity contribution in [3.8, 4) is 0 Å². The number of aliphatic carboxylic acids is 1. The molecule has 5 heteroatoms. The first-order valence-corrected chi connectivity index (χ1v) is 4.71. The van der Waals surface area contributed by atoms with Gasteiger partial charge in [0.25, 0.3) is 0 Å². The lowest BCUT2D eigenvalue weighted by atomic mass is 10.00. The number of rotatable bonds is 5. The highest BCUT2D eigenvalue weighted by Gasteiger charge is 2.42. The van der Waals surface area contributed by atoms with E-state index in [4.69, 9.17) is 20.3 Å². The lowest BCUT2D eigenvalue weighted by molar-refractivity contribution is -0.143. The molecule has 1 rings (SSSR count). The van der Waals surface area contributed by atoms with Crippen LogP contribution in [-0.2, 0) is 14.3 Å². The van der Waals surface area contributed by atoms with Gasteiger partial charge in [-0.3, -0.25) is 4.79 Å². The van der Waals surface area contributed by atoms with Gasteiger partial charge in [0, 0.05) is 13.5 Å². The molecule has 3 N–H and O–H groups in total. The van der Waals surface area contributed by atoms with Crippen molar-refractivity contribution >= 4 is 5.97 Å². The molecular weight excluding hydrogens is 186 g/mol. The van der Waals surface area contributed by atoms with Crippen molar-refractivity contribution in [1.82, 2.24) is 0 Å². The Morgan fingerprint density at radius 1 is 1.64 bits per heavy atom. The molecule has 1 saturated carbocycles. The highest BCUT2D eigenvalue weighted by molar-refractivity contribution is 5.78. The number of hydrogen-bond acceptors (Lipinski definition) is 4. The van der Waals surface area contributed by atoms with Crippen LogP contribution in [-0.4, -0.2) is 43.0 Å². The largest absolute Gasteiger partial charge is 0.480 e. The summed E-state index contributed by atoms with van der Waals surface area (Å²) in [6.07, 6.45) is 1.56. The second-order valence-electron chi connectivity index (χ2n) is 3.69. The smallest absolute Gasteiger partial charge is 0.323 e. The zero-order valence-corrected chi connectivity index (χ0v) is 8.36. The standard InChI is InChI=1S/C9H17NO4/c1-13-4-5-14-7-2-3-9(10,6-7)8(11)12/h7H,2-6,10H2,1H3,(H,11,12). The van der Waals surface area contributed by atoms with Crippen LogP contribution < -0.4 is 5.73 Å². The van der Waals surface area contributed by atoms with Crippen LogP contribution in [0.3, 0.4) is 0 Å². The summed E-state index contributed by atoms with van der Waals surface area (Å²) in [5, 5.41) is 8.86. The molecule has 0 heterocycles. The summed E-state index contributed by atoms with van der Waals surface area (Å²) < 4.78 is 10.2. The maximum Gasteiger partial charge on any atom is 0.323 e. The first-order valence-electron chi connectivity index (χ1n) is 4.71. The Labute approximate surface area is 83.2 Å². The number of hydrogen-bond donors (Lipinski definition) is 2. The summed E-state index contributed by atoms with van der Waals surface area (Å²) in [7, 11) is 1.60. The minimum atomic E-state index is -1.09. The Balaban J connectivity index is 2.30. The molecule has 0 aromatic rings. The van der Waals surface area contributed by atoms with Crippen LogP contribution in [0.1, 0.15) is 19.3 Å². The molecule has 0 aromatic carbocycles.